The maximum absolute atomic E-state index is 6.85. The van der Waals surface area contributed by atoms with Crippen molar-refractivity contribution in [1.29, 1.82) is 0 Å². The summed E-state index contributed by atoms with van der Waals surface area (Å²) >= 11 is 0. The van der Waals surface area contributed by atoms with E-state index in [0.717, 1.165) is 57.1 Å². The van der Waals surface area contributed by atoms with E-state index >= 15 is 0 Å². The molecule has 0 atom stereocenters. The average Bonchev–Trinajstić information content (AvgIpc) is 2.95. The van der Waals surface area contributed by atoms with Crippen LogP contribution < -0.4 is 31.4 Å². The highest BCUT2D eigenvalue weighted by Gasteiger charge is 2.50. The van der Waals surface area contributed by atoms with Crippen molar-refractivity contribution >= 4 is 17.1 Å². The van der Waals surface area contributed by atoms with Crippen molar-refractivity contribution in [2.75, 3.05) is 17.2 Å². The zero-order valence-corrected chi connectivity index (χ0v) is 25.2. The predicted molar refractivity (Wildman–Crippen MR) is 173 cm³/mol. The van der Waals surface area contributed by atoms with Gasteiger partial charge in [0.1, 0.15) is 34.5 Å². The number of nitrogen functional groups attached to an aromatic ring is 3. The summed E-state index contributed by atoms with van der Waals surface area (Å²) in [4.78, 5) is 0. The van der Waals surface area contributed by atoms with Gasteiger partial charge in [0.2, 0.25) is 0 Å². The summed E-state index contributed by atoms with van der Waals surface area (Å²) < 4.78 is 20.2. The quantitative estimate of drug-likeness (QED) is 0.190. The van der Waals surface area contributed by atoms with Gasteiger partial charge in [-0.1, -0.05) is 18.2 Å². The third kappa shape index (κ3) is 5.35. The monoisotopic (exact) mass is 575 g/mol. The largest absolute Gasteiger partial charge is 0.457 e. The Balaban J connectivity index is 1.41. The van der Waals surface area contributed by atoms with Gasteiger partial charge in [0.15, 0.2) is 0 Å². The molecule has 4 aliphatic carbocycles. The first kappa shape index (κ1) is 27.5. The standard InChI is InChI=1S/C37H41N3O3/c1-20-4-7-27(38)15-31(20)41-30-18-34(42-32-16-28(39)8-5-21(32)2)37(35(19-30)43-33-17-29(40)9-6-22(33)3)36-25-11-23-10-24(13-25)14-26(36)12-23/h4-9,15-19,23-26,36H,10-14,38-40H2,1-3H3. The highest BCUT2D eigenvalue weighted by Crippen LogP contribution is 2.63. The lowest BCUT2D eigenvalue weighted by Gasteiger charge is -2.54. The Morgan fingerprint density at radius 3 is 1.30 bits per heavy atom. The Labute approximate surface area is 254 Å². The molecule has 4 aliphatic rings. The van der Waals surface area contributed by atoms with Crippen LogP contribution in [0.1, 0.15) is 60.3 Å². The molecule has 4 bridgehead atoms. The minimum Gasteiger partial charge on any atom is -0.457 e. The first-order valence-corrected chi connectivity index (χ1v) is 15.5. The lowest BCUT2D eigenvalue weighted by atomic mass is 9.50. The number of ether oxygens (including phenoxy) is 3. The van der Waals surface area contributed by atoms with Crippen molar-refractivity contribution in [1.82, 2.24) is 0 Å². The van der Waals surface area contributed by atoms with E-state index in [1.807, 2.05) is 87.5 Å². The van der Waals surface area contributed by atoms with Gasteiger partial charge in [0.05, 0.1) is 0 Å². The third-order valence-electron chi connectivity index (χ3n) is 9.94. The predicted octanol–water partition coefficient (Wildman–Crippen LogP) is 9.28. The second-order valence-corrected chi connectivity index (χ2v) is 13.2. The Morgan fingerprint density at radius 1 is 0.488 bits per heavy atom. The van der Waals surface area contributed by atoms with Crippen LogP contribution in [0, 0.1) is 44.4 Å². The fourth-order valence-corrected chi connectivity index (χ4v) is 8.07. The van der Waals surface area contributed by atoms with Crippen LogP contribution in [0.15, 0.2) is 66.7 Å². The molecule has 0 aromatic heterocycles. The molecule has 4 fully saturated rings. The van der Waals surface area contributed by atoms with E-state index in [-0.39, 0.29) is 0 Å². The normalized spacial score (nSPS) is 23.7. The van der Waals surface area contributed by atoms with Crippen molar-refractivity contribution in [3.8, 4) is 34.5 Å². The van der Waals surface area contributed by atoms with Gasteiger partial charge in [-0.25, -0.2) is 0 Å². The molecule has 0 amide bonds. The smallest absolute Gasteiger partial charge is 0.138 e. The summed E-state index contributed by atoms with van der Waals surface area (Å²) in [5, 5.41) is 0. The molecule has 6 N–H and O–H groups in total. The molecular formula is C37H41N3O3. The van der Waals surface area contributed by atoms with E-state index < -0.39 is 0 Å². The molecular weight excluding hydrogens is 534 g/mol. The Kier molecular flexibility index (Phi) is 6.88. The van der Waals surface area contributed by atoms with Crippen LogP contribution in [0.3, 0.4) is 0 Å². The second-order valence-electron chi connectivity index (χ2n) is 13.2. The molecule has 0 radical (unpaired) electrons. The van der Waals surface area contributed by atoms with Crippen molar-refractivity contribution in [2.24, 2.45) is 23.7 Å². The van der Waals surface area contributed by atoms with Crippen LogP contribution in [0.4, 0.5) is 17.1 Å². The van der Waals surface area contributed by atoms with E-state index in [4.69, 9.17) is 31.4 Å². The van der Waals surface area contributed by atoms with Crippen molar-refractivity contribution in [2.45, 2.75) is 58.8 Å². The fourth-order valence-electron chi connectivity index (χ4n) is 8.07. The molecule has 6 heteroatoms. The zero-order chi connectivity index (χ0) is 29.8. The molecule has 43 heavy (non-hydrogen) atoms. The van der Waals surface area contributed by atoms with Crippen LogP contribution in [0.25, 0.3) is 0 Å². The molecule has 6 nitrogen and oxygen atoms in total. The van der Waals surface area contributed by atoms with Crippen LogP contribution in [-0.2, 0) is 0 Å². The molecule has 0 aliphatic heterocycles. The molecule has 0 spiro atoms. The number of rotatable bonds is 7. The molecule has 0 unspecified atom stereocenters. The second kappa shape index (κ2) is 10.7. The van der Waals surface area contributed by atoms with Crippen LogP contribution in [-0.4, -0.2) is 0 Å². The van der Waals surface area contributed by atoms with Gasteiger partial charge < -0.3 is 31.4 Å². The summed E-state index contributed by atoms with van der Waals surface area (Å²) in [7, 11) is 0. The van der Waals surface area contributed by atoms with Gasteiger partial charge in [0, 0.05) is 53.0 Å². The van der Waals surface area contributed by atoms with Gasteiger partial charge in [-0.3, -0.25) is 0 Å². The van der Waals surface area contributed by atoms with E-state index in [2.05, 4.69) is 0 Å². The van der Waals surface area contributed by atoms with Gasteiger partial charge in [-0.05, 0) is 117 Å². The molecule has 222 valence electrons. The van der Waals surface area contributed by atoms with Crippen molar-refractivity contribution in [3.05, 3.63) is 89.0 Å². The van der Waals surface area contributed by atoms with Crippen LogP contribution in [0.2, 0.25) is 0 Å². The zero-order valence-electron chi connectivity index (χ0n) is 25.2. The minimum absolute atomic E-state index is 0.337. The van der Waals surface area contributed by atoms with E-state index in [0.29, 0.717) is 46.3 Å². The maximum atomic E-state index is 6.85. The highest BCUT2D eigenvalue weighted by molar-refractivity contribution is 5.60. The summed E-state index contributed by atoms with van der Waals surface area (Å²) in [5.41, 5.74) is 24.7. The third-order valence-corrected chi connectivity index (χ3v) is 9.94. The van der Waals surface area contributed by atoms with E-state index in [9.17, 15) is 0 Å². The molecule has 0 saturated heterocycles. The first-order valence-electron chi connectivity index (χ1n) is 15.5. The molecule has 4 aromatic carbocycles. The number of benzene rings is 4. The highest BCUT2D eigenvalue weighted by atomic mass is 16.5. The Hall–Kier alpha value is -4.32. The van der Waals surface area contributed by atoms with E-state index in [1.54, 1.807) is 0 Å². The summed E-state index contributed by atoms with van der Waals surface area (Å²) in [6.45, 7) is 6.10. The first-order chi connectivity index (χ1) is 20.7. The number of anilines is 3. The lowest BCUT2D eigenvalue weighted by molar-refractivity contribution is -0.00397. The number of hydrogen-bond acceptors (Lipinski definition) is 6. The van der Waals surface area contributed by atoms with Gasteiger partial charge in [-0.15, -0.1) is 0 Å². The number of hydrogen-bond donors (Lipinski definition) is 3. The Bertz CT molecular complexity index is 1590. The van der Waals surface area contributed by atoms with Gasteiger partial charge >= 0.3 is 0 Å². The maximum Gasteiger partial charge on any atom is 0.138 e. The Morgan fingerprint density at radius 2 is 0.884 bits per heavy atom. The van der Waals surface area contributed by atoms with Crippen LogP contribution in [0.5, 0.6) is 34.5 Å². The molecule has 0 heterocycles. The summed E-state index contributed by atoms with van der Waals surface area (Å²) in [6, 6.07) is 21.3. The SMILES string of the molecule is Cc1ccc(N)cc1Oc1cc(Oc2cc(N)ccc2C)c(C2C3CC4CC(C3)CC2C4)c(Oc2cc(N)ccc2C)c1. The fraction of sp³-hybridized carbons (Fsp3) is 0.351. The average molecular weight is 576 g/mol. The van der Waals surface area contributed by atoms with Crippen molar-refractivity contribution in [3.63, 3.8) is 0 Å². The molecule has 4 saturated carbocycles. The van der Waals surface area contributed by atoms with Crippen molar-refractivity contribution < 1.29 is 14.2 Å². The van der Waals surface area contributed by atoms with E-state index in [1.165, 1.54) is 32.1 Å². The molecule has 8 rings (SSSR count). The lowest BCUT2D eigenvalue weighted by Crippen LogP contribution is -2.43. The van der Waals surface area contributed by atoms with Gasteiger partial charge in [0.25, 0.3) is 0 Å². The topological polar surface area (TPSA) is 106 Å². The molecule has 4 aromatic rings. The minimum atomic E-state index is 0.337. The number of nitrogens with two attached hydrogens (primary N) is 3. The summed E-state index contributed by atoms with van der Waals surface area (Å²) in [6.07, 6.45) is 6.47. The van der Waals surface area contributed by atoms with Crippen LogP contribution >= 0.6 is 0 Å². The summed E-state index contributed by atoms with van der Waals surface area (Å²) in [5.74, 6) is 7.51. The van der Waals surface area contributed by atoms with Gasteiger partial charge in [-0.2, -0.15) is 0 Å². The number of aryl methyl sites for hydroxylation is 3.